The quantitative estimate of drug-likeness (QED) is 0.793. The molecule has 2 atom stereocenters. The van der Waals surface area contributed by atoms with Gasteiger partial charge in [0.1, 0.15) is 17.9 Å². The first-order chi connectivity index (χ1) is 13.8. The number of carbonyl (C=O) groups is 2. The Morgan fingerprint density at radius 2 is 1.76 bits per heavy atom. The van der Waals surface area contributed by atoms with Gasteiger partial charge in [0.05, 0.1) is 18.8 Å². The van der Waals surface area contributed by atoms with Crippen LogP contribution in [0.1, 0.15) is 39.2 Å². The fourth-order valence-corrected chi connectivity index (χ4v) is 4.13. The van der Waals surface area contributed by atoms with Crippen molar-refractivity contribution in [2.75, 3.05) is 11.4 Å². The first-order valence-corrected chi connectivity index (χ1v) is 10.2. The lowest BCUT2D eigenvalue weighted by Crippen LogP contribution is -2.48. The molecule has 2 aliphatic rings. The second-order valence-electron chi connectivity index (χ2n) is 9.15. The topological polar surface area (TPSA) is 49.9 Å². The van der Waals surface area contributed by atoms with Crippen LogP contribution in [0.25, 0.3) is 0 Å². The van der Waals surface area contributed by atoms with Crippen molar-refractivity contribution in [2.45, 2.75) is 52.3 Å². The highest BCUT2D eigenvalue weighted by atomic mass is 16.5. The number of nitrogens with zero attached hydrogens (tertiary/aromatic N) is 2. The van der Waals surface area contributed by atoms with E-state index in [2.05, 4.69) is 0 Å². The van der Waals surface area contributed by atoms with Crippen LogP contribution < -0.4 is 9.64 Å². The van der Waals surface area contributed by atoms with Gasteiger partial charge in [-0.3, -0.25) is 9.59 Å². The van der Waals surface area contributed by atoms with E-state index in [0.717, 1.165) is 11.3 Å². The summed E-state index contributed by atoms with van der Waals surface area (Å²) in [7, 11) is 0. The zero-order chi connectivity index (χ0) is 20.6. The summed E-state index contributed by atoms with van der Waals surface area (Å²) < 4.78 is 6.27. The van der Waals surface area contributed by atoms with Gasteiger partial charge in [-0.15, -0.1) is 0 Å². The number of hydrogen-bond acceptors (Lipinski definition) is 3. The van der Waals surface area contributed by atoms with Crippen molar-refractivity contribution in [3.63, 3.8) is 0 Å². The van der Waals surface area contributed by atoms with Crippen LogP contribution in [0.5, 0.6) is 5.75 Å². The molecular formula is C24H28N2O3. The molecule has 2 amide bonds. The van der Waals surface area contributed by atoms with Gasteiger partial charge in [0, 0.05) is 12.8 Å². The molecule has 0 aromatic heterocycles. The van der Waals surface area contributed by atoms with Crippen LogP contribution in [0.4, 0.5) is 5.69 Å². The summed E-state index contributed by atoms with van der Waals surface area (Å²) in [4.78, 5) is 30.2. The molecule has 0 radical (unpaired) electrons. The first-order valence-electron chi connectivity index (χ1n) is 10.2. The number of anilines is 1. The summed E-state index contributed by atoms with van der Waals surface area (Å²) in [6.07, 6.45) is 0.789. The van der Waals surface area contributed by atoms with Crippen molar-refractivity contribution in [1.82, 2.24) is 4.90 Å². The zero-order valence-electron chi connectivity index (χ0n) is 17.3. The summed E-state index contributed by atoms with van der Waals surface area (Å²) in [5.41, 5.74) is 1.68. The van der Waals surface area contributed by atoms with Crippen LogP contribution in [0, 0.1) is 5.41 Å². The fourth-order valence-electron chi connectivity index (χ4n) is 4.13. The number of likely N-dealkylation sites (tertiary alicyclic amines) is 1. The molecule has 29 heavy (non-hydrogen) atoms. The molecule has 2 aliphatic heterocycles. The molecule has 2 aromatic rings. The Morgan fingerprint density at radius 1 is 1.07 bits per heavy atom. The molecule has 152 valence electrons. The Hall–Kier alpha value is -2.82. The SMILES string of the molecule is CC(C)(C)CC(=O)N1CC2CC1C(=O)N(Cc1ccccc1)c1ccccc1O2. The van der Waals surface area contributed by atoms with Gasteiger partial charge in [0.15, 0.2) is 0 Å². The molecule has 5 heteroatoms. The van der Waals surface area contributed by atoms with E-state index in [4.69, 9.17) is 4.74 Å². The van der Waals surface area contributed by atoms with Gasteiger partial charge in [0.2, 0.25) is 11.8 Å². The normalized spacial score (nSPS) is 21.3. The van der Waals surface area contributed by atoms with Gasteiger partial charge < -0.3 is 14.5 Å². The molecule has 0 N–H and O–H groups in total. The molecule has 0 spiro atoms. The highest BCUT2D eigenvalue weighted by molar-refractivity contribution is 6.01. The molecule has 4 rings (SSSR count). The van der Waals surface area contributed by atoms with Crippen molar-refractivity contribution < 1.29 is 14.3 Å². The number of benzene rings is 2. The molecule has 2 aromatic carbocycles. The first kappa shape index (κ1) is 19.5. The lowest BCUT2D eigenvalue weighted by atomic mass is 9.91. The van der Waals surface area contributed by atoms with Gasteiger partial charge in [-0.2, -0.15) is 0 Å². The molecule has 2 bridgehead atoms. The summed E-state index contributed by atoms with van der Waals surface area (Å²) in [6.45, 7) is 7.03. The second-order valence-corrected chi connectivity index (χ2v) is 9.15. The maximum absolute atomic E-state index is 13.7. The van der Waals surface area contributed by atoms with Crippen molar-refractivity contribution >= 4 is 17.5 Å². The Balaban J connectivity index is 1.69. The summed E-state index contributed by atoms with van der Waals surface area (Å²) in [5, 5.41) is 0. The minimum atomic E-state index is -0.480. The number of ether oxygens (including phenoxy) is 1. The number of carbonyl (C=O) groups excluding carboxylic acids is 2. The molecule has 0 aliphatic carbocycles. The molecular weight excluding hydrogens is 364 g/mol. The smallest absolute Gasteiger partial charge is 0.250 e. The minimum absolute atomic E-state index is 0.0209. The van der Waals surface area contributed by atoms with Crippen LogP contribution in [-0.4, -0.2) is 35.4 Å². The number of para-hydroxylation sites is 2. The van der Waals surface area contributed by atoms with Gasteiger partial charge in [-0.25, -0.2) is 0 Å². The third-order valence-corrected chi connectivity index (χ3v) is 5.45. The summed E-state index contributed by atoms with van der Waals surface area (Å²) in [6, 6.07) is 17.1. The van der Waals surface area contributed by atoms with Crippen molar-refractivity contribution in [3.05, 3.63) is 60.2 Å². The largest absolute Gasteiger partial charge is 0.486 e. The average molecular weight is 392 g/mol. The van der Waals surface area contributed by atoms with E-state index >= 15 is 0 Å². The third-order valence-electron chi connectivity index (χ3n) is 5.45. The van der Waals surface area contributed by atoms with Crippen LogP contribution in [0.15, 0.2) is 54.6 Å². The molecule has 5 nitrogen and oxygen atoms in total. The van der Waals surface area contributed by atoms with E-state index in [1.807, 2.05) is 75.4 Å². The maximum atomic E-state index is 13.7. The van der Waals surface area contributed by atoms with Gasteiger partial charge in [-0.05, 0) is 23.1 Å². The van der Waals surface area contributed by atoms with Crippen LogP contribution in [-0.2, 0) is 16.1 Å². The second kappa shape index (κ2) is 7.54. The van der Waals surface area contributed by atoms with E-state index in [1.165, 1.54) is 0 Å². The van der Waals surface area contributed by atoms with Crippen LogP contribution in [0.2, 0.25) is 0 Å². The highest BCUT2D eigenvalue weighted by Crippen LogP contribution is 2.37. The Kier molecular flexibility index (Phi) is 5.07. The molecule has 1 fully saturated rings. The Bertz CT molecular complexity index is 904. The van der Waals surface area contributed by atoms with Gasteiger partial charge in [-0.1, -0.05) is 63.2 Å². The fraction of sp³-hybridized carbons (Fsp3) is 0.417. The van der Waals surface area contributed by atoms with E-state index in [0.29, 0.717) is 31.7 Å². The van der Waals surface area contributed by atoms with Gasteiger partial charge in [0.25, 0.3) is 0 Å². The van der Waals surface area contributed by atoms with Crippen molar-refractivity contribution in [1.29, 1.82) is 0 Å². The van der Waals surface area contributed by atoms with Crippen LogP contribution in [0.3, 0.4) is 0 Å². The summed E-state index contributed by atoms with van der Waals surface area (Å²) >= 11 is 0. The zero-order valence-corrected chi connectivity index (χ0v) is 17.3. The monoisotopic (exact) mass is 392 g/mol. The number of amides is 2. The number of rotatable bonds is 3. The third kappa shape index (κ3) is 4.14. The molecule has 2 unspecified atom stereocenters. The number of fused-ring (bicyclic) bond motifs is 3. The van der Waals surface area contributed by atoms with Crippen molar-refractivity contribution in [2.24, 2.45) is 5.41 Å². The van der Waals surface area contributed by atoms with E-state index < -0.39 is 6.04 Å². The lowest BCUT2D eigenvalue weighted by Gasteiger charge is -2.32. The molecule has 0 saturated carbocycles. The summed E-state index contributed by atoms with van der Waals surface area (Å²) in [5.74, 6) is 0.687. The predicted molar refractivity (Wildman–Crippen MR) is 113 cm³/mol. The maximum Gasteiger partial charge on any atom is 0.250 e. The standard InChI is InChI=1S/C24H28N2O3/c1-24(2,3)14-22(27)25-16-18-13-20(25)23(28)26(15-17-9-5-4-6-10-17)19-11-7-8-12-21(19)29-18/h4-12,18,20H,13-16H2,1-3H3. The lowest BCUT2D eigenvalue weighted by molar-refractivity contribution is -0.139. The molecule has 1 saturated heterocycles. The molecule has 2 heterocycles. The van der Waals surface area contributed by atoms with E-state index in [1.54, 1.807) is 9.80 Å². The van der Waals surface area contributed by atoms with E-state index in [9.17, 15) is 9.59 Å². The predicted octanol–water partition coefficient (Wildman–Crippen LogP) is 4.02. The minimum Gasteiger partial charge on any atom is -0.486 e. The van der Waals surface area contributed by atoms with Crippen molar-refractivity contribution in [3.8, 4) is 5.75 Å². The number of hydrogen-bond donors (Lipinski definition) is 0. The van der Waals surface area contributed by atoms with Gasteiger partial charge >= 0.3 is 0 Å². The highest BCUT2D eigenvalue weighted by Gasteiger charge is 2.45. The Morgan fingerprint density at radius 3 is 2.48 bits per heavy atom. The average Bonchev–Trinajstić information content (AvgIpc) is 3.10. The van der Waals surface area contributed by atoms with Crippen LogP contribution >= 0.6 is 0 Å². The van der Waals surface area contributed by atoms with E-state index in [-0.39, 0.29) is 23.3 Å². The Labute approximate surface area is 172 Å².